The molecule has 0 fully saturated rings. The molecule has 0 N–H and O–H groups in total. The van der Waals surface area contributed by atoms with Crippen molar-refractivity contribution in [2.24, 2.45) is 11.1 Å². The lowest BCUT2D eigenvalue weighted by molar-refractivity contribution is -0.136. The molecule has 2 aromatic carbocycles. The molecule has 0 unspecified atom stereocenters. The predicted molar refractivity (Wildman–Crippen MR) is 159 cm³/mol. The second-order valence-electron chi connectivity index (χ2n) is 11.2. The van der Waals surface area contributed by atoms with Gasteiger partial charge in [-0.25, -0.2) is 0 Å². The van der Waals surface area contributed by atoms with Gasteiger partial charge >= 0.3 is 0 Å². The standard InChI is InChI=1S/C30H44N2O7Si/c1-12-32(13-2)29(33)25-26(19-14-15-21(34-6)22(16-19)39-40(10,11)30(3,4)5)31-38-27(25)20-17-23(35-7)28(37-9)24(18-20)36-8/h14-18,25,27H,12-13H2,1-11H3/t25-,27+/m0/s1. The SMILES string of the molecule is CCN(CC)C(=O)[C@H]1C(c2ccc(OC)c(O[Si](C)(C)C(C)(C)C)c2)=NO[C@@H]1c1cc(OC)c(OC)c(OC)c1. The third-order valence-electron chi connectivity index (χ3n) is 7.85. The molecule has 10 heteroatoms. The number of ether oxygens (including phenoxy) is 4. The minimum Gasteiger partial charge on any atom is -0.541 e. The van der Waals surface area contributed by atoms with Crippen LogP contribution in [-0.4, -0.2) is 66.4 Å². The number of carbonyl (C=O) groups is 1. The van der Waals surface area contributed by atoms with Crippen molar-refractivity contribution in [3.63, 3.8) is 0 Å². The molecular weight excluding hydrogens is 528 g/mol. The van der Waals surface area contributed by atoms with Gasteiger partial charge in [-0.15, -0.1) is 0 Å². The second-order valence-corrected chi connectivity index (χ2v) is 15.9. The lowest BCUT2D eigenvalue weighted by atomic mass is 9.87. The van der Waals surface area contributed by atoms with E-state index in [2.05, 4.69) is 39.0 Å². The van der Waals surface area contributed by atoms with Crippen LogP contribution in [0.3, 0.4) is 0 Å². The molecule has 9 nitrogen and oxygen atoms in total. The third kappa shape index (κ3) is 6.01. The molecule has 1 aliphatic rings. The summed E-state index contributed by atoms with van der Waals surface area (Å²) in [7, 11) is 4.09. The van der Waals surface area contributed by atoms with Gasteiger partial charge in [0.2, 0.25) is 11.7 Å². The summed E-state index contributed by atoms with van der Waals surface area (Å²) in [6, 6.07) is 9.24. The molecule has 2 aromatic rings. The van der Waals surface area contributed by atoms with E-state index >= 15 is 0 Å². The van der Waals surface area contributed by atoms with Crippen molar-refractivity contribution in [2.75, 3.05) is 41.5 Å². The average molecular weight is 573 g/mol. The topological polar surface area (TPSA) is 88.1 Å². The fraction of sp³-hybridized carbons (Fsp3) is 0.533. The highest BCUT2D eigenvalue weighted by Crippen LogP contribution is 2.45. The van der Waals surface area contributed by atoms with E-state index in [9.17, 15) is 4.79 Å². The summed E-state index contributed by atoms with van der Waals surface area (Å²) in [5.41, 5.74) is 1.94. The first-order valence-corrected chi connectivity index (χ1v) is 16.5. The van der Waals surface area contributed by atoms with Crippen molar-refractivity contribution in [1.29, 1.82) is 0 Å². The van der Waals surface area contributed by atoms with E-state index in [1.807, 2.05) is 32.0 Å². The summed E-state index contributed by atoms with van der Waals surface area (Å²) < 4.78 is 28.9. The van der Waals surface area contributed by atoms with Crippen LogP contribution in [0.15, 0.2) is 35.5 Å². The molecule has 0 bridgehead atoms. The van der Waals surface area contributed by atoms with Crippen LogP contribution in [0.25, 0.3) is 0 Å². The van der Waals surface area contributed by atoms with Gasteiger partial charge in [0.15, 0.2) is 23.4 Å². The Hall–Kier alpha value is -3.40. The number of rotatable bonds is 11. The number of hydrogen-bond donors (Lipinski definition) is 0. The van der Waals surface area contributed by atoms with Crippen LogP contribution in [0.5, 0.6) is 28.7 Å². The van der Waals surface area contributed by atoms with Gasteiger partial charge in [0.25, 0.3) is 8.32 Å². The van der Waals surface area contributed by atoms with Crippen molar-refractivity contribution in [2.45, 2.75) is 58.9 Å². The third-order valence-corrected chi connectivity index (χ3v) is 12.2. The Morgan fingerprint density at radius 2 is 1.48 bits per heavy atom. The maximum absolute atomic E-state index is 14.0. The van der Waals surface area contributed by atoms with Crippen LogP contribution < -0.4 is 23.4 Å². The van der Waals surface area contributed by atoms with Gasteiger partial charge in [0, 0.05) is 24.2 Å². The summed E-state index contributed by atoms with van der Waals surface area (Å²) in [5, 5.41) is 4.47. The van der Waals surface area contributed by atoms with Crippen LogP contribution >= 0.6 is 0 Å². The van der Waals surface area contributed by atoms with Gasteiger partial charge in [0.05, 0.1) is 28.4 Å². The van der Waals surface area contributed by atoms with E-state index in [0.717, 1.165) is 5.56 Å². The summed E-state index contributed by atoms with van der Waals surface area (Å²) in [4.78, 5) is 21.8. The molecule has 0 saturated heterocycles. The molecule has 220 valence electrons. The molecule has 3 rings (SSSR count). The number of hydrogen-bond acceptors (Lipinski definition) is 8. The van der Waals surface area contributed by atoms with Crippen molar-refractivity contribution in [3.05, 3.63) is 41.5 Å². The Kier molecular flexibility index (Phi) is 9.66. The quantitative estimate of drug-likeness (QED) is 0.302. The summed E-state index contributed by atoms with van der Waals surface area (Å²) >= 11 is 0. The molecular formula is C30H44N2O7Si. The number of oxime groups is 1. The minimum atomic E-state index is -2.19. The summed E-state index contributed by atoms with van der Waals surface area (Å²) in [6.07, 6.45) is -0.705. The zero-order valence-electron chi connectivity index (χ0n) is 25.7. The molecule has 0 saturated carbocycles. The van der Waals surface area contributed by atoms with Crippen LogP contribution in [0.2, 0.25) is 18.1 Å². The highest BCUT2D eigenvalue weighted by molar-refractivity contribution is 6.74. The van der Waals surface area contributed by atoms with E-state index in [1.165, 1.54) is 0 Å². The number of amides is 1. The summed E-state index contributed by atoms with van der Waals surface area (Å²) in [5.74, 6) is 1.86. The number of carbonyl (C=O) groups excluding carboxylic acids is 1. The predicted octanol–water partition coefficient (Wildman–Crippen LogP) is 6.07. The molecule has 1 amide bonds. The van der Waals surface area contributed by atoms with Crippen molar-refractivity contribution >= 4 is 19.9 Å². The van der Waals surface area contributed by atoms with Crippen LogP contribution in [0, 0.1) is 5.92 Å². The van der Waals surface area contributed by atoms with Gasteiger partial charge < -0.3 is 33.1 Å². The molecule has 1 heterocycles. The zero-order valence-corrected chi connectivity index (χ0v) is 26.7. The van der Waals surface area contributed by atoms with Crippen LogP contribution in [0.4, 0.5) is 0 Å². The van der Waals surface area contributed by atoms with Crippen LogP contribution in [-0.2, 0) is 9.63 Å². The molecule has 40 heavy (non-hydrogen) atoms. The monoisotopic (exact) mass is 572 g/mol. The van der Waals surface area contributed by atoms with E-state index in [0.29, 0.717) is 53.1 Å². The first-order chi connectivity index (χ1) is 18.9. The highest BCUT2D eigenvalue weighted by atomic mass is 28.4. The maximum atomic E-state index is 14.0. The van der Waals surface area contributed by atoms with Crippen molar-refractivity contribution in [1.82, 2.24) is 4.90 Å². The molecule has 1 aliphatic heterocycles. The highest BCUT2D eigenvalue weighted by Gasteiger charge is 2.44. The Morgan fingerprint density at radius 3 is 1.95 bits per heavy atom. The maximum Gasteiger partial charge on any atom is 0.250 e. The molecule has 0 spiro atoms. The molecule has 2 atom stereocenters. The Bertz CT molecular complexity index is 1210. The lowest BCUT2D eigenvalue weighted by Crippen LogP contribution is -2.44. The molecule has 0 aromatic heterocycles. The minimum absolute atomic E-state index is 0.0131. The largest absolute Gasteiger partial charge is 0.541 e. The average Bonchev–Trinajstić information content (AvgIpc) is 3.37. The lowest BCUT2D eigenvalue weighted by Gasteiger charge is -2.37. The molecule has 0 radical (unpaired) electrons. The smallest absolute Gasteiger partial charge is 0.250 e. The number of nitrogens with zero attached hydrogens (tertiary/aromatic N) is 2. The fourth-order valence-corrected chi connectivity index (χ4v) is 5.46. The van der Waals surface area contributed by atoms with Gasteiger partial charge in [-0.3, -0.25) is 4.79 Å². The van der Waals surface area contributed by atoms with Crippen molar-refractivity contribution < 1.29 is 33.0 Å². The van der Waals surface area contributed by atoms with Crippen molar-refractivity contribution in [3.8, 4) is 28.7 Å². The second kappa shape index (κ2) is 12.4. The normalized spacial score (nSPS) is 17.0. The van der Waals surface area contributed by atoms with Crippen LogP contribution in [0.1, 0.15) is 51.8 Å². The van der Waals surface area contributed by atoms with E-state index in [-0.39, 0.29) is 10.9 Å². The van der Waals surface area contributed by atoms with Gasteiger partial charge in [0.1, 0.15) is 17.4 Å². The van der Waals surface area contributed by atoms with E-state index < -0.39 is 20.3 Å². The Labute approximate surface area is 239 Å². The Morgan fingerprint density at radius 1 is 0.900 bits per heavy atom. The number of benzene rings is 2. The summed E-state index contributed by atoms with van der Waals surface area (Å²) in [6.45, 7) is 16.0. The van der Waals surface area contributed by atoms with E-state index in [4.69, 9.17) is 28.2 Å². The number of methoxy groups -OCH3 is 4. The first-order valence-electron chi connectivity index (χ1n) is 13.6. The zero-order chi connectivity index (χ0) is 29.8. The van der Waals surface area contributed by atoms with Gasteiger partial charge in [-0.05, 0) is 62.3 Å². The molecule has 0 aliphatic carbocycles. The fourth-order valence-electron chi connectivity index (χ4n) is 4.45. The van der Waals surface area contributed by atoms with Gasteiger partial charge in [-0.1, -0.05) is 25.9 Å². The Balaban J connectivity index is 2.14. The first kappa shape index (κ1) is 31.1. The van der Waals surface area contributed by atoms with E-state index in [1.54, 1.807) is 45.5 Å². The van der Waals surface area contributed by atoms with Gasteiger partial charge in [-0.2, -0.15) is 0 Å².